The molecule has 0 spiro atoms. The predicted octanol–water partition coefficient (Wildman–Crippen LogP) is 2.40. The zero-order chi connectivity index (χ0) is 18.1. The Balaban J connectivity index is 1.91. The van der Waals surface area contributed by atoms with Crippen molar-refractivity contribution in [3.8, 4) is 0 Å². The minimum Gasteiger partial charge on any atom is -0.326 e. The molecular weight excluding hydrogens is 322 g/mol. The third-order valence-corrected chi connectivity index (χ3v) is 3.65. The van der Waals surface area contributed by atoms with Gasteiger partial charge in [0.25, 0.3) is 11.8 Å². The van der Waals surface area contributed by atoms with Crippen LogP contribution in [0.4, 0.5) is 17.1 Å². The molecule has 7 nitrogen and oxygen atoms in total. The van der Waals surface area contributed by atoms with E-state index in [2.05, 4.69) is 10.6 Å². The van der Waals surface area contributed by atoms with E-state index in [0.717, 1.165) is 4.90 Å². The summed E-state index contributed by atoms with van der Waals surface area (Å²) in [5, 5.41) is 5.21. The number of carbonyl (C=O) groups excluding carboxylic acids is 4. The van der Waals surface area contributed by atoms with E-state index in [1.54, 1.807) is 30.3 Å². The number of rotatable bonds is 3. The maximum Gasteiger partial charge on any atom is 0.266 e. The molecule has 0 saturated heterocycles. The van der Waals surface area contributed by atoms with Crippen molar-refractivity contribution in [3.05, 3.63) is 53.6 Å². The molecule has 2 aromatic rings. The van der Waals surface area contributed by atoms with Gasteiger partial charge < -0.3 is 10.6 Å². The number of hydrogen-bond acceptors (Lipinski definition) is 4. The van der Waals surface area contributed by atoms with Gasteiger partial charge in [0, 0.05) is 25.2 Å². The topological polar surface area (TPSA) is 95.6 Å². The highest BCUT2D eigenvalue weighted by Gasteiger charge is 2.36. The lowest BCUT2D eigenvalue weighted by molar-refractivity contribution is -0.115. The molecular formula is C18H15N3O4. The van der Waals surface area contributed by atoms with Gasteiger partial charge in [0.05, 0.1) is 16.8 Å². The van der Waals surface area contributed by atoms with Crippen molar-refractivity contribution in [2.75, 3.05) is 15.5 Å². The Morgan fingerprint density at radius 2 is 1.28 bits per heavy atom. The monoisotopic (exact) mass is 337 g/mol. The quantitative estimate of drug-likeness (QED) is 0.841. The second kappa shape index (κ2) is 6.20. The molecule has 0 bridgehead atoms. The summed E-state index contributed by atoms with van der Waals surface area (Å²) in [6, 6.07) is 11.0. The lowest BCUT2D eigenvalue weighted by atomic mass is 10.1. The number of nitrogens with one attached hydrogen (secondary N) is 2. The van der Waals surface area contributed by atoms with Gasteiger partial charge in [0.15, 0.2) is 0 Å². The Kier molecular flexibility index (Phi) is 4.06. The van der Waals surface area contributed by atoms with Crippen LogP contribution in [0.3, 0.4) is 0 Å². The predicted molar refractivity (Wildman–Crippen MR) is 92.6 cm³/mol. The van der Waals surface area contributed by atoms with Crippen LogP contribution < -0.4 is 15.5 Å². The first-order valence-electron chi connectivity index (χ1n) is 7.55. The van der Waals surface area contributed by atoms with Crippen molar-refractivity contribution >= 4 is 40.7 Å². The Morgan fingerprint density at radius 3 is 1.88 bits per heavy atom. The zero-order valence-corrected chi connectivity index (χ0v) is 13.6. The van der Waals surface area contributed by atoms with Crippen molar-refractivity contribution in [3.63, 3.8) is 0 Å². The first-order valence-corrected chi connectivity index (χ1v) is 7.55. The van der Waals surface area contributed by atoms with E-state index in [4.69, 9.17) is 0 Å². The van der Waals surface area contributed by atoms with Crippen molar-refractivity contribution in [2.45, 2.75) is 13.8 Å². The number of anilines is 3. The van der Waals surface area contributed by atoms with Crippen LogP contribution in [-0.2, 0) is 9.59 Å². The van der Waals surface area contributed by atoms with Gasteiger partial charge >= 0.3 is 0 Å². The van der Waals surface area contributed by atoms with Crippen LogP contribution in [0.5, 0.6) is 0 Å². The number of nitrogens with zero attached hydrogens (tertiary/aromatic N) is 1. The largest absolute Gasteiger partial charge is 0.326 e. The maximum absolute atomic E-state index is 12.6. The highest BCUT2D eigenvalue weighted by Crippen LogP contribution is 2.30. The molecule has 0 radical (unpaired) electrons. The molecule has 0 fully saturated rings. The third-order valence-electron chi connectivity index (χ3n) is 3.65. The number of carbonyl (C=O) groups is 4. The van der Waals surface area contributed by atoms with E-state index < -0.39 is 11.8 Å². The molecule has 3 rings (SSSR count). The molecule has 1 aliphatic heterocycles. The van der Waals surface area contributed by atoms with Gasteiger partial charge in [-0.15, -0.1) is 0 Å². The van der Waals surface area contributed by atoms with Gasteiger partial charge in [-0.1, -0.05) is 0 Å². The van der Waals surface area contributed by atoms with Gasteiger partial charge in [-0.25, -0.2) is 4.90 Å². The van der Waals surface area contributed by atoms with Gasteiger partial charge in [-0.05, 0) is 42.5 Å². The summed E-state index contributed by atoms with van der Waals surface area (Å²) in [7, 11) is 0. The van der Waals surface area contributed by atoms with Crippen LogP contribution in [0.15, 0.2) is 42.5 Å². The van der Waals surface area contributed by atoms with Crippen molar-refractivity contribution in [2.24, 2.45) is 0 Å². The highest BCUT2D eigenvalue weighted by atomic mass is 16.2. The van der Waals surface area contributed by atoms with Crippen LogP contribution >= 0.6 is 0 Å². The fourth-order valence-corrected chi connectivity index (χ4v) is 2.65. The number of fused-ring (bicyclic) bond motifs is 1. The molecule has 1 aliphatic rings. The molecule has 0 saturated carbocycles. The molecule has 2 N–H and O–H groups in total. The number of hydrogen-bond donors (Lipinski definition) is 2. The van der Waals surface area contributed by atoms with E-state index >= 15 is 0 Å². The second-order valence-electron chi connectivity index (χ2n) is 5.62. The summed E-state index contributed by atoms with van der Waals surface area (Å²) in [6.07, 6.45) is 0. The highest BCUT2D eigenvalue weighted by molar-refractivity contribution is 6.34. The molecule has 1 heterocycles. The molecule has 0 aliphatic carbocycles. The fraction of sp³-hybridized carbons (Fsp3) is 0.111. The van der Waals surface area contributed by atoms with Crippen molar-refractivity contribution in [1.82, 2.24) is 0 Å². The van der Waals surface area contributed by atoms with Gasteiger partial charge in [0.1, 0.15) is 0 Å². The van der Waals surface area contributed by atoms with E-state index in [9.17, 15) is 19.2 Å². The molecule has 4 amide bonds. The maximum atomic E-state index is 12.6. The average molecular weight is 337 g/mol. The molecule has 2 aromatic carbocycles. The van der Waals surface area contributed by atoms with Crippen molar-refractivity contribution in [1.29, 1.82) is 0 Å². The van der Waals surface area contributed by atoms with Gasteiger partial charge in [-0.2, -0.15) is 0 Å². The zero-order valence-electron chi connectivity index (χ0n) is 13.6. The Labute approximate surface area is 143 Å². The number of imide groups is 1. The van der Waals surface area contributed by atoms with Gasteiger partial charge in [-0.3, -0.25) is 19.2 Å². The molecule has 0 unspecified atom stereocenters. The molecule has 0 atom stereocenters. The first kappa shape index (κ1) is 16.4. The van der Waals surface area contributed by atoms with Crippen LogP contribution in [-0.4, -0.2) is 23.6 Å². The summed E-state index contributed by atoms with van der Waals surface area (Å²) in [5.74, 6) is -1.36. The lowest BCUT2D eigenvalue weighted by Gasteiger charge is -2.14. The first-order chi connectivity index (χ1) is 11.9. The molecule has 126 valence electrons. The lowest BCUT2D eigenvalue weighted by Crippen LogP contribution is -2.29. The third kappa shape index (κ3) is 3.12. The van der Waals surface area contributed by atoms with E-state index in [-0.39, 0.29) is 22.9 Å². The summed E-state index contributed by atoms with van der Waals surface area (Å²) in [4.78, 5) is 48.5. The minimum absolute atomic E-state index is 0.209. The minimum atomic E-state index is -0.459. The Bertz CT molecular complexity index is 903. The van der Waals surface area contributed by atoms with Crippen LogP contribution in [0.2, 0.25) is 0 Å². The van der Waals surface area contributed by atoms with Crippen LogP contribution in [0, 0.1) is 0 Å². The Morgan fingerprint density at radius 1 is 0.760 bits per heavy atom. The number of amides is 4. The second-order valence-corrected chi connectivity index (χ2v) is 5.62. The van der Waals surface area contributed by atoms with Crippen molar-refractivity contribution < 1.29 is 19.2 Å². The van der Waals surface area contributed by atoms with Gasteiger partial charge in [0.2, 0.25) is 11.8 Å². The van der Waals surface area contributed by atoms with Crippen LogP contribution in [0.1, 0.15) is 34.6 Å². The molecule has 7 heteroatoms. The standard InChI is InChI=1S/C18H15N3O4/c1-10(22)19-12-3-6-14(7-4-12)21-17(24)15-8-5-13(20-11(2)23)9-16(15)18(21)25/h3-9H,1-2H3,(H,19,22)(H,20,23). The SMILES string of the molecule is CC(=O)Nc1ccc(N2C(=O)c3ccc(NC(C)=O)cc3C2=O)cc1. The normalized spacial score (nSPS) is 12.8. The van der Waals surface area contributed by atoms with E-state index in [1.807, 2.05) is 0 Å². The summed E-state index contributed by atoms with van der Waals surface area (Å²) in [6.45, 7) is 2.76. The summed E-state index contributed by atoms with van der Waals surface area (Å²) >= 11 is 0. The van der Waals surface area contributed by atoms with E-state index in [1.165, 1.54) is 26.0 Å². The smallest absolute Gasteiger partial charge is 0.266 e. The fourth-order valence-electron chi connectivity index (χ4n) is 2.65. The van der Waals surface area contributed by atoms with E-state index in [0.29, 0.717) is 17.1 Å². The Hall–Kier alpha value is -3.48. The summed E-state index contributed by atoms with van der Waals surface area (Å²) in [5.41, 5.74) is 1.95. The number of benzene rings is 2. The summed E-state index contributed by atoms with van der Waals surface area (Å²) < 4.78 is 0. The average Bonchev–Trinajstić information content (AvgIpc) is 2.78. The molecule has 0 aromatic heterocycles. The van der Waals surface area contributed by atoms with Crippen LogP contribution in [0.25, 0.3) is 0 Å². The molecule has 25 heavy (non-hydrogen) atoms.